The molecular formula is C20H13N7S. The number of fused-ring (bicyclic) bond motifs is 2. The van der Waals surface area contributed by atoms with Crippen LogP contribution in [0, 0.1) is 0 Å². The zero-order valence-electron chi connectivity index (χ0n) is 14.5. The molecule has 0 spiro atoms. The number of pyridine rings is 2. The van der Waals surface area contributed by atoms with Crippen LogP contribution in [-0.4, -0.2) is 35.3 Å². The Kier molecular flexibility index (Phi) is 3.20. The Bertz CT molecular complexity index is 1410. The molecule has 28 heavy (non-hydrogen) atoms. The van der Waals surface area contributed by atoms with E-state index in [-0.39, 0.29) is 0 Å². The molecule has 0 saturated heterocycles. The van der Waals surface area contributed by atoms with Crippen LogP contribution in [0.3, 0.4) is 0 Å². The fraction of sp³-hybridized carbons (Fsp3) is 0. The molecule has 0 fully saturated rings. The molecule has 0 radical (unpaired) electrons. The molecule has 0 amide bonds. The highest BCUT2D eigenvalue weighted by molar-refractivity contribution is 7.08. The third-order valence-electron chi connectivity index (χ3n) is 4.83. The van der Waals surface area contributed by atoms with E-state index in [2.05, 4.69) is 53.3 Å². The van der Waals surface area contributed by atoms with E-state index in [0.29, 0.717) is 0 Å². The van der Waals surface area contributed by atoms with Gasteiger partial charge in [-0.1, -0.05) is 0 Å². The molecule has 7 nitrogen and oxygen atoms in total. The SMILES string of the molecule is c1cc(-c2cncc3[nH]c(-c4n[nH]c5ccc(-c6cn[nH]c6)nc45)cc23)cs1. The van der Waals surface area contributed by atoms with E-state index in [0.717, 1.165) is 50.1 Å². The summed E-state index contributed by atoms with van der Waals surface area (Å²) in [5.74, 6) is 0. The normalized spacial score (nSPS) is 11.6. The van der Waals surface area contributed by atoms with Crippen LogP contribution in [0.25, 0.3) is 55.7 Å². The molecule has 0 saturated carbocycles. The fourth-order valence-corrected chi connectivity index (χ4v) is 4.12. The molecule has 6 rings (SSSR count). The summed E-state index contributed by atoms with van der Waals surface area (Å²) in [6, 6.07) is 8.17. The second-order valence-corrected chi connectivity index (χ2v) is 7.28. The average molecular weight is 383 g/mol. The van der Waals surface area contributed by atoms with E-state index in [9.17, 15) is 0 Å². The van der Waals surface area contributed by atoms with Crippen molar-refractivity contribution in [2.24, 2.45) is 0 Å². The number of aromatic nitrogens is 7. The molecule has 0 unspecified atom stereocenters. The highest BCUT2D eigenvalue weighted by atomic mass is 32.1. The summed E-state index contributed by atoms with van der Waals surface area (Å²) < 4.78 is 0. The number of nitrogens with zero attached hydrogens (tertiary/aromatic N) is 4. The first-order valence-electron chi connectivity index (χ1n) is 8.71. The van der Waals surface area contributed by atoms with Crippen LogP contribution in [-0.2, 0) is 0 Å². The number of aromatic amines is 3. The van der Waals surface area contributed by atoms with Crippen LogP contribution < -0.4 is 0 Å². The first-order chi connectivity index (χ1) is 13.9. The van der Waals surface area contributed by atoms with Crippen molar-refractivity contribution in [3.05, 3.63) is 59.8 Å². The lowest BCUT2D eigenvalue weighted by Crippen LogP contribution is -1.84. The van der Waals surface area contributed by atoms with Crippen molar-refractivity contribution in [3.63, 3.8) is 0 Å². The van der Waals surface area contributed by atoms with Crippen molar-refractivity contribution in [1.82, 2.24) is 35.3 Å². The summed E-state index contributed by atoms with van der Waals surface area (Å²) in [5.41, 5.74) is 8.42. The Morgan fingerprint density at radius 1 is 0.964 bits per heavy atom. The van der Waals surface area contributed by atoms with Crippen LogP contribution in [0.1, 0.15) is 0 Å². The number of hydrogen-bond acceptors (Lipinski definition) is 5. The summed E-state index contributed by atoms with van der Waals surface area (Å²) >= 11 is 1.68. The first kappa shape index (κ1) is 15.3. The van der Waals surface area contributed by atoms with E-state index >= 15 is 0 Å². The monoisotopic (exact) mass is 383 g/mol. The van der Waals surface area contributed by atoms with Gasteiger partial charge >= 0.3 is 0 Å². The molecular weight excluding hydrogens is 370 g/mol. The molecule has 3 N–H and O–H groups in total. The van der Waals surface area contributed by atoms with Gasteiger partial charge in [-0.2, -0.15) is 21.5 Å². The number of H-pyrrole nitrogens is 3. The van der Waals surface area contributed by atoms with Crippen molar-refractivity contribution < 1.29 is 0 Å². The highest BCUT2D eigenvalue weighted by Gasteiger charge is 2.15. The first-order valence-corrected chi connectivity index (χ1v) is 9.65. The third kappa shape index (κ3) is 2.28. The minimum absolute atomic E-state index is 0.785. The minimum Gasteiger partial charge on any atom is -0.352 e. The zero-order valence-corrected chi connectivity index (χ0v) is 15.3. The number of thiophene rings is 1. The van der Waals surface area contributed by atoms with Gasteiger partial charge in [-0.05, 0) is 40.6 Å². The summed E-state index contributed by atoms with van der Waals surface area (Å²) in [6.07, 6.45) is 7.33. The molecule has 6 heterocycles. The van der Waals surface area contributed by atoms with Crippen molar-refractivity contribution in [2.45, 2.75) is 0 Å². The van der Waals surface area contributed by atoms with E-state index in [1.165, 1.54) is 5.56 Å². The molecule has 0 bridgehead atoms. The Balaban J connectivity index is 1.55. The average Bonchev–Trinajstić information content (AvgIpc) is 3.53. The van der Waals surface area contributed by atoms with Crippen molar-refractivity contribution in [2.75, 3.05) is 0 Å². The Hall–Kier alpha value is -3.78. The van der Waals surface area contributed by atoms with Crippen LogP contribution >= 0.6 is 11.3 Å². The summed E-state index contributed by atoms with van der Waals surface area (Å²) in [4.78, 5) is 12.6. The lowest BCUT2D eigenvalue weighted by molar-refractivity contribution is 1.09. The van der Waals surface area contributed by atoms with Gasteiger partial charge in [-0.15, -0.1) is 0 Å². The fourth-order valence-electron chi connectivity index (χ4n) is 3.46. The van der Waals surface area contributed by atoms with Crippen molar-refractivity contribution >= 4 is 33.3 Å². The highest BCUT2D eigenvalue weighted by Crippen LogP contribution is 2.34. The van der Waals surface area contributed by atoms with Gasteiger partial charge in [0.2, 0.25) is 0 Å². The maximum Gasteiger partial charge on any atom is 0.135 e. The van der Waals surface area contributed by atoms with Crippen molar-refractivity contribution in [1.29, 1.82) is 0 Å². The predicted molar refractivity (Wildman–Crippen MR) is 110 cm³/mol. The summed E-state index contributed by atoms with van der Waals surface area (Å²) in [7, 11) is 0. The van der Waals surface area contributed by atoms with Crippen LogP contribution in [0.4, 0.5) is 0 Å². The molecule has 0 aliphatic heterocycles. The molecule has 134 valence electrons. The summed E-state index contributed by atoms with van der Waals surface area (Å²) in [6.45, 7) is 0. The molecule has 6 aromatic heterocycles. The van der Waals surface area contributed by atoms with E-state index in [1.807, 2.05) is 30.7 Å². The van der Waals surface area contributed by atoms with Gasteiger partial charge in [0.05, 0.1) is 34.8 Å². The van der Waals surface area contributed by atoms with Crippen LogP contribution in [0.15, 0.2) is 59.8 Å². The van der Waals surface area contributed by atoms with E-state index in [4.69, 9.17) is 4.98 Å². The second-order valence-electron chi connectivity index (χ2n) is 6.50. The van der Waals surface area contributed by atoms with Crippen LogP contribution in [0.5, 0.6) is 0 Å². The van der Waals surface area contributed by atoms with Gasteiger partial charge in [0, 0.05) is 28.9 Å². The van der Waals surface area contributed by atoms with Gasteiger partial charge in [0.25, 0.3) is 0 Å². The maximum atomic E-state index is 4.81. The molecule has 0 aliphatic rings. The predicted octanol–water partition coefficient (Wildman–Crippen LogP) is 4.62. The van der Waals surface area contributed by atoms with Gasteiger partial charge in [-0.25, -0.2) is 4.98 Å². The Labute approximate surface area is 162 Å². The molecule has 0 aromatic carbocycles. The number of nitrogens with one attached hydrogen (secondary N) is 3. The standard InChI is InChI=1S/C20H13N7S/c1-2-16-19(25-15(1)12-6-22-23-7-12)20(27-26-16)17-5-13-14(11-3-4-28-10-11)8-21-9-18(13)24-17/h1-10,24H,(H,22,23)(H,26,27). The van der Waals surface area contributed by atoms with E-state index in [1.54, 1.807) is 17.5 Å². The molecule has 8 heteroatoms. The Morgan fingerprint density at radius 2 is 1.96 bits per heavy atom. The smallest absolute Gasteiger partial charge is 0.135 e. The topological polar surface area (TPSA) is 98.9 Å². The Morgan fingerprint density at radius 3 is 2.82 bits per heavy atom. The van der Waals surface area contributed by atoms with E-state index < -0.39 is 0 Å². The zero-order chi connectivity index (χ0) is 18.5. The second kappa shape index (κ2) is 5.86. The van der Waals surface area contributed by atoms with Gasteiger partial charge in [0.1, 0.15) is 11.2 Å². The maximum absolute atomic E-state index is 4.81. The molecule has 0 atom stereocenters. The molecule has 6 aromatic rings. The number of hydrogen-bond donors (Lipinski definition) is 3. The van der Waals surface area contributed by atoms with Gasteiger partial charge in [0.15, 0.2) is 0 Å². The largest absolute Gasteiger partial charge is 0.352 e. The van der Waals surface area contributed by atoms with Crippen molar-refractivity contribution in [3.8, 4) is 33.8 Å². The molecule has 0 aliphatic carbocycles. The van der Waals surface area contributed by atoms with Gasteiger partial charge in [-0.3, -0.25) is 15.2 Å². The van der Waals surface area contributed by atoms with Gasteiger partial charge < -0.3 is 4.98 Å². The number of rotatable bonds is 3. The quantitative estimate of drug-likeness (QED) is 0.415. The van der Waals surface area contributed by atoms with Crippen LogP contribution in [0.2, 0.25) is 0 Å². The third-order valence-corrected chi connectivity index (χ3v) is 5.52. The lowest BCUT2D eigenvalue weighted by Gasteiger charge is -1.98. The lowest BCUT2D eigenvalue weighted by atomic mass is 10.1. The minimum atomic E-state index is 0.785. The summed E-state index contributed by atoms with van der Waals surface area (Å²) in [5, 5.41) is 19.7.